The molecule has 0 saturated carbocycles. The third-order valence-electron chi connectivity index (χ3n) is 5.20. The number of ether oxygens (including phenoxy) is 4. The van der Waals surface area contributed by atoms with Gasteiger partial charge in [-0.05, 0) is 23.6 Å². The van der Waals surface area contributed by atoms with Crippen LogP contribution in [0, 0.1) is 0 Å². The summed E-state index contributed by atoms with van der Waals surface area (Å²) in [6, 6.07) is 27.3. The van der Waals surface area contributed by atoms with Crippen molar-refractivity contribution in [2.75, 3.05) is 14.2 Å². The number of methoxy groups -OCH3 is 2. The van der Waals surface area contributed by atoms with Crippen LogP contribution in [-0.2, 0) is 28.5 Å². The van der Waals surface area contributed by atoms with Crippen molar-refractivity contribution in [2.24, 2.45) is 0 Å². The van der Waals surface area contributed by atoms with Crippen LogP contribution in [0.1, 0.15) is 41.9 Å². The normalized spacial score (nSPS) is 14.5. The van der Waals surface area contributed by atoms with Crippen LogP contribution in [0.15, 0.2) is 91.0 Å². The van der Waals surface area contributed by atoms with Crippen LogP contribution in [0.3, 0.4) is 0 Å². The highest BCUT2D eigenvalue weighted by Gasteiger charge is 2.33. The molecule has 3 aromatic rings. The van der Waals surface area contributed by atoms with Crippen LogP contribution in [0.25, 0.3) is 0 Å². The Hall–Kier alpha value is -3.48. The summed E-state index contributed by atoms with van der Waals surface area (Å²) in [5.74, 6) is -1.15. The number of esters is 2. The highest BCUT2D eigenvalue weighted by molar-refractivity contribution is 5.78. The Morgan fingerprint density at radius 1 is 0.576 bits per heavy atom. The van der Waals surface area contributed by atoms with Crippen molar-refractivity contribution in [3.05, 3.63) is 108 Å². The van der Waals surface area contributed by atoms with E-state index < -0.39 is 36.4 Å². The van der Waals surface area contributed by atoms with E-state index >= 15 is 0 Å². The summed E-state index contributed by atoms with van der Waals surface area (Å²) in [5, 5.41) is 0. The van der Waals surface area contributed by atoms with Crippen LogP contribution >= 0.6 is 0 Å². The molecule has 0 aliphatic rings. The van der Waals surface area contributed by atoms with E-state index in [0.29, 0.717) is 16.7 Å². The summed E-state index contributed by atoms with van der Waals surface area (Å²) in [6.07, 6.45) is -3.41. The number of benzene rings is 3. The molecular weight excluding hydrogens is 420 g/mol. The van der Waals surface area contributed by atoms with Crippen molar-refractivity contribution >= 4 is 11.9 Å². The van der Waals surface area contributed by atoms with Crippen LogP contribution in [-0.4, -0.2) is 32.3 Å². The number of hydrogen-bond donors (Lipinski definition) is 0. The summed E-state index contributed by atoms with van der Waals surface area (Å²) in [4.78, 5) is 26.0. The van der Waals surface area contributed by atoms with Crippen molar-refractivity contribution in [1.82, 2.24) is 0 Å². The molecule has 0 bridgehead atoms. The third-order valence-corrected chi connectivity index (χ3v) is 5.20. The molecule has 0 unspecified atom stereocenters. The zero-order chi connectivity index (χ0) is 23.6. The van der Waals surface area contributed by atoms with E-state index in [1.807, 2.05) is 66.7 Å². The van der Waals surface area contributed by atoms with Gasteiger partial charge >= 0.3 is 11.9 Å². The summed E-state index contributed by atoms with van der Waals surface area (Å²) >= 11 is 0. The zero-order valence-corrected chi connectivity index (χ0v) is 18.9. The minimum Gasteiger partial charge on any atom is -0.456 e. The Balaban J connectivity index is 1.80. The molecule has 0 aliphatic carbocycles. The minimum absolute atomic E-state index is 0.570. The molecular formula is C27H28O6. The molecule has 0 fully saturated rings. The van der Waals surface area contributed by atoms with Gasteiger partial charge in [0, 0.05) is 14.2 Å². The maximum absolute atomic E-state index is 13.0. The first kappa shape index (κ1) is 24.2. The van der Waals surface area contributed by atoms with Gasteiger partial charge in [-0.15, -0.1) is 0 Å². The van der Waals surface area contributed by atoms with Gasteiger partial charge in [-0.2, -0.15) is 0 Å². The average molecular weight is 449 g/mol. The molecule has 6 heteroatoms. The molecule has 0 aromatic heterocycles. The first-order valence-corrected chi connectivity index (χ1v) is 10.7. The van der Waals surface area contributed by atoms with Gasteiger partial charge in [-0.3, -0.25) is 0 Å². The Morgan fingerprint density at radius 3 is 1.33 bits per heavy atom. The van der Waals surface area contributed by atoms with Crippen molar-refractivity contribution < 1.29 is 28.5 Å². The maximum atomic E-state index is 13.0. The molecule has 3 aromatic carbocycles. The fourth-order valence-electron chi connectivity index (χ4n) is 3.56. The van der Waals surface area contributed by atoms with Gasteiger partial charge in [0.05, 0.1) is 0 Å². The molecule has 0 aliphatic heterocycles. The smallest absolute Gasteiger partial charge is 0.340 e. The number of carbonyl (C=O) groups excluding carboxylic acids is 2. The topological polar surface area (TPSA) is 71.1 Å². The van der Waals surface area contributed by atoms with Crippen LogP contribution < -0.4 is 0 Å². The lowest BCUT2D eigenvalue weighted by Crippen LogP contribution is -2.31. The lowest BCUT2D eigenvalue weighted by Gasteiger charge is -2.27. The number of hydrogen-bond acceptors (Lipinski definition) is 6. The Kier molecular flexibility index (Phi) is 8.75. The molecule has 0 heterocycles. The van der Waals surface area contributed by atoms with E-state index in [1.54, 1.807) is 31.2 Å². The van der Waals surface area contributed by atoms with Gasteiger partial charge in [-0.1, -0.05) is 91.0 Å². The number of rotatable bonds is 10. The molecule has 6 nitrogen and oxygen atoms in total. The second kappa shape index (κ2) is 11.9. The fourth-order valence-corrected chi connectivity index (χ4v) is 3.56. The highest BCUT2D eigenvalue weighted by Crippen LogP contribution is 2.29. The van der Waals surface area contributed by atoms with Gasteiger partial charge < -0.3 is 18.9 Å². The standard InChI is InChI=1S/C27H28O6/c1-19(32-26(28)24(30-2)21-15-9-5-10-16-21)23(20-13-7-4-8-14-20)33-27(29)25(31-3)22-17-11-6-12-18-22/h4-19,23-25H,1-3H3/t19-,23+,24-,25-/m1/s1. The Bertz CT molecular complexity index is 1010. The van der Waals surface area contributed by atoms with Crippen LogP contribution in [0.4, 0.5) is 0 Å². The summed E-state index contributed by atoms with van der Waals surface area (Å²) in [7, 11) is 2.89. The van der Waals surface area contributed by atoms with E-state index in [2.05, 4.69) is 0 Å². The van der Waals surface area contributed by atoms with E-state index in [4.69, 9.17) is 18.9 Å². The first-order chi connectivity index (χ1) is 16.0. The second-order valence-electron chi connectivity index (χ2n) is 7.46. The molecule has 0 amide bonds. The Morgan fingerprint density at radius 2 is 0.939 bits per heavy atom. The van der Waals surface area contributed by atoms with Crippen molar-refractivity contribution in [1.29, 1.82) is 0 Å². The van der Waals surface area contributed by atoms with Gasteiger partial charge in [0.15, 0.2) is 18.3 Å². The van der Waals surface area contributed by atoms with Gasteiger partial charge in [-0.25, -0.2) is 9.59 Å². The van der Waals surface area contributed by atoms with Crippen molar-refractivity contribution in [3.8, 4) is 0 Å². The predicted octanol–water partition coefficient (Wildman–Crippen LogP) is 4.98. The van der Waals surface area contributed by atoms with Crippen molar-refractivity contribution in [3.63, 3.8) is 0 Å². The second-order valence-corrected chi connectivity index (χ2v) is 7.46. The minimum atomic E-state index is -0.906. The molecule has 0 radical (unpaired) electrons. The van der Waals surface area contributed by atoms with Crippen LogP contribution in [0.5, 0.6) is 0 Å². The molecule has 3 rings (SSSR count). The maximum Gasteiger partial charge on any atom is 0.340 e. The Labute approximate surface area is 194 Å². The largest absolute Gasteiger partial charge is 0.456 e. The molecule has 4 atom stereocenters. The lowest BCUT2D eigenvalue weighted by atomic mass is 10.0. The molecule has 0 spiro atoms. The van der Waals surface area contributed by atoms with Gasteiger partial charge in [0.25, 0.3) is 0 Å². The lowest BCUT2D eigenvalue weighted by molar-refractivity contribution is -0.180. The summed E-state index contributed by atoms with van der Waals surface area (Å²) in [6.45, 7) is 1.69. The monoisotopic (exact) mass is 448 g/mol. The SMILES string of the molecule is CO[C@@H](C(=O)O[C@H](c1ccccc1)[C@@H](C)OC(=O)[C@H](OC)c1ccccc1)c1ccccc1. The first-order valence-electron chi connectivity index (χ1n) is 10.7. The van der Waals surface area contributed by atoms with Crippen LogP contribution in [0.2, 0.25) is 0 Å². The van der Waals surface area contributed by atoms with Gasteiger partial charge in [0.1, 0.15) is 6.10 Å². The third kappa shape index (κ3) is 6.28. The molecule has 0 saturated heterocycles. The quantitative estimate of drug-likeness (QED) is 0.408. The summed E-state index contributed by atoms with van der Waals surface area (Å²) < 4.78 is 22.3. The highest BCUT2D eigenvalue weighted by atomic mass is 16.6. The molecule has 172 valence electrons. The van der Waals surface area contributed by atoms with E-state index in [-0.39, 0.29) is 0 Å². The molecule has 0 N–H and O–H groups in total. The van der Waals surface area contributed by atoms with E-state index in [9.17, 15) is 9.59 Å². The summed E-state index contributed by atoms with van der Waals surface area (Å²) in [5.41, 5.74) is 2.04. The van der Waals surface area contributed by atoms with Gasteiger partial charge in [0.2, 0.25) is 0 Å². The van der Waals surface area contributed by atoms with E-state index in [0.717, 1.165) is 0 Å². The predicted molar refractivity (Wildman–Crippen MR) is 123 cm³/mol. The number of carbonyl (C=O) groups is 2. The molecule has 33 heavy (non-hydrogen) atoms. The zero-order valence-electron chi connectivity index (χ0n) is 18.9. The van der Waals surface area contributed by atoms with Crippen molar-refractivity contribution in [2.45, 2.75) is 31.3 Å². The average Bonchev–Trinajstić information content (AvgIpc) is 2.85. The van der Waals surface area contributed by atoms with E-state index in [1.165, 1.54) is 14.2 Å². The fraction of sp³-hybridized carbons (Fsp3) is 0.259.